The molecule has 3 aromatic rings. The van der Waals surface area contributed by atoms with Crippen LogP contribution < -0.4 is 5.32 Å². The zero-order valence-corrected chi connectivity index (χ0v) is 20.4. The molecular formula is C28H32N2O2S. The van der Waals surface area contributed by atoms with Gasteiger partial charge in [-0.2, -0.15) is 0 Å². The van der Waals surface area contributed by atoms with E-state index in [0.717, 1.165) is 22.4 Å². The first kappa shape index (κ1) is 24.6. The molecule has 5 heteroatoms. The third kappa shape index (κ3) is 7.22. The van der Waals surface area contributed by atoms with E-state index in [4.69, 9.17) is 0 Å². The van der Waals surface area contributed by atoms with Crippen molar-refractivity contribution >= 4 is 23.6 Å². The number of likely N-dealkylation sites (N-methyl/N-ethyl adjacent to an activating group) is 1. The molecule has 0 unspecified atom stereocenters. The highest BCUT2D eigenvalue weighted by atomic mass is 32.2. The number of hydrogen-bond acceptors (Lipinski definition) is 3. The Morgan fingerprint density at radius 2 is 1.61 bits per heavy atom. The van der Waals surface area contributed by atoms with Gasteiger partial charge in [0.05, 0.1) is 5.75 Å². The second kappa shape index (κ2) is 12.3. The number of carbonyl (C=O) groups is 2. The molecule has 1 atom stereocenters. The van der Waals surface area contributed by atoms with Crippen molar-refractivity contribution in [3.63, 3.8) is 0 Å². The SMILES string of the molecule is CNC(=O)[C@H](Cc1ccccc1)N(Cc1cccc(C)c1)C(=O)CSCc1ccccc1C. The van der Waals surface area contributed by atoms with Crippen LogP contribution in [-0.4, -0.2) is 35.6 Å². The third-order valence-corrected chi connectivity index (χ3v) is 6.66. The summed E-state index contributed by atoms with van der Waals surface area (Å²) >= 11 is 1.59. The van der Waals surface area contributed by atoms with Crippen LogP contribution >= 0.6 is 11.8 Å². The molecule has 0 heterocycles. The van der Waals surface area contributed by atoms with Crippen molar-refractivity contribution < 1.29 is 9.59 Å². The average molecular weight is 461 g/mol. The monoisotopic (exact) mass is 460 g/mol. The fourth-order valence-corrected chi connectivity index (χ4v) is 4.82. The standard InChI is InChI=1S/C28H32N2O2S/c1-21-10-9-14-24(16-21)18-30(26(28(32)29-3)17-23-12-5-4-6-13-23)27(31)20-33-19-25-15-8-7-11-22(25)2/h4-16,26H,17-20H2,1-3H3,(H,29,32)/t26-/m0/s1. The maximum absolute atomic E-state index is 13.5. The lowest BCUT2D eigenvalue weighted by molar-refractivity contribution is -0.139. The number of amides is 2. The summed E-state index contributed by atoms with van der Waals surface area (Å²) in [7, 11) is 1.63. The van der Waals surface area contributed by atoms with Crippen LogP contribution in [0, 0.1) is 13.8 Å². The molecule has 3 aromatic carbocycles. The van der Waals surface area contributed by atoms with Crippen LogP contribution in [0.2, 0.25) is 0 Å². The van der Waals surface area contributed by atoms with Gasteiger partial charge in [0.1, 0.15) is 6.04 Å². The molecule has 2 amide bonds. The Balaban J connectivity index is 1.81. The lowest BCUT2D eigenvalue weighted by atomic mass is 10.0. The maximum atomic E-state index is 13.5. The van der Waals surface area contributed by atoms with Gasteiger partial charge in [0.25, 0.3) is 0 Å². The summed E-state index contributed by atoms with van der Waals surface area (Å²) in [6, 6.07) is 25.6. The number of hydrogen-bond donors (Lipinski definition) is 1. The van der Waals surface area contributed by atoms with E-state index in [0.29, 0.717) is 18.7 Å². The van der Waals surface area contributed by atoms with Gasteiger partial charge in [0, 0.05) is 25.8 Å². The van der Waals surface area contributed by atoms with Crippen LogP contribution in [0.25, 0.3) is 0 Å². The molecule has 172 valence electrons. The van der Waals surface area contributed by atoms with E-state index in [1.54, 1.807) is 23.7 Å². The summed E-state index contributed by atoms with van der Waals surface area (Å²) in [5, 5.41) is 2.77. The van der Waals surface area contributed by atoms with Gasteiger partial charge in [-0.15, -0.1) is 11.8 Å². The van der Waals surface area contributed by atoms with E-state index in [2.05, 4.69) is 30.4 Å². The molecule has 0 spiro atoms. The van der Waals surface area contributed by atoms with Gasteiger partial charge in [-0.3, -0.25) is 9.59 Å². The Labute approximate surface area is 201 Å². The predicted octanol–water partition coefficient (Wildman–Crippen LogP) is 4.92. The quantitative estimate of drug-likeness (QED) is 0.467. The molecule has 0 aromatic heterocycles. The van der Waals surface area contributed by atoms with Gasteiger partial charge in [-0.25, -0.2) is 0 Å². The number of aryl methyl sites for hydroxylation is 2. The molecule has 0 saturated carbocycles. The largest absolute Gasteiger partial charge is 0.357 e. The zero-order valence-electron chi connectivity index (χ0n) is 19.6. The molecule has 0 aliphatic carbocycles. The normalized spacial score (nSPS) is 11.6. The van der Waals surface area contributed by atoms with E-state index < -0.39 is 6.04 Å². The maximum Gasteiger partial charge on any atom is 0.242 e. The van der Waals surface area contributed by atoms with Crippen molar-refractivity contribution in [2.75, 3.05) is 12.8 Å². The van der Waals surface area contributed by atoms with Crippen LogP contribution in [0.3, 0.4) is 0 Å². The summed E-state index contributed by atoms with van der Waals surface area (Å²) in [4.78, 5) is 28.2. The van der Waals surface area contributed by atoms with Crippen LogP contribution in [0.15, 0.2) is 78.9 Å². The Morgan fingerprint density at radius 1 is 0.909 bits per heavy atom. The third-order valence-electron chi connectivity index (χ3n) is 5.70. The first-order valence-corrected chi connectivity index (χ1v) is 12.4. The van der Waals surface area contributed by atoms with Crippen molar-refractivity contribution in [1.82, 2.24) is 10.2 Å². The lowest BCUT2D eigenvalue weighted by Gasteiger charge is -2.31. The summed E-state index contributed by atoms with van der Waals surface area (Å²) in [6.45, 7) is 4.52. The van der Waals surface area contributed by atoms with E-state index >= 15 is 0 Å². The lowest BCUT2D eigenvalue weighted by Crippen LogP contribution is -2.50. The van der Waals surface area contributed by atoms with Crippen molar-refractivity contribution in [1.29, 1.82) is 0 Å². The smallest absolute Gasteiger partial charge is 0.242 e. The van der Waals surface area contributed by atoms with Crippen LogP contribution in [0.5, 0.6) is 0 Å². The summed E-state index contributed by atoms with van der Waals surface area (Å²) in [5.41, 5.74) is 5.64. The highest BCUT2D eigenvalue weighted by molar-refractivity contribution is 7.99. The molecule has 0 radical (unpaired) electrons. The summed E-state index contributed by atoms with van der Waals surface area (Å²) in [5.74, 6) is 0.908. The minimum atomic E-state index is -0.579. The van der Waals surface area contributed by atoms with Crippen LogP contribution in [0.4, 0.5) is 0 Å². The molecule has 0 aliphatic rings. The van der Waals surface area contributed by atoms with Crippen LogP contribution in [-0.2, 0) is 28.3 Å². The Bertz CT molecular complexity index is 1070. The fraction of sp³-hybridized carbons (Fsp3) is 0.286. The first-order chi connectivity index (χ1) is 16.0. The molecule has 0 aliphatic heterocycles. The predicted molar refractivity (Wildman–Crippen MR) is 137 cm³/mol. The molecule has 3 rings (SSSR count). The Morgan fingerprint density at radius 3 is 2.30 bits per heavy atom. The topological polar surface area (TPSA) is 49.4 Å². The van der Waals surface area contributed by atoms with Crippen molar-refractivity contribution in [3.05, 3.63) is 107 Å². The van der Waals surface area contributed by atoms with Crippen LogP contribution in [0.1, 0.15) is 27.8 Å². The number of carbonyl (C=O) groups excluding carboxylic acids is 2. The molecule has 1 N–H and O–H groups in total. The van der Waals surface area contributed by atoms with E-state index in [9.17, 15) is 9.59 Å². The second-order valence-corrected chi connectivity index (χ2v) is 9.24. The molecule has 33 heavy (non-hydrogen) atoms. The second-order valence-electron chi connectivity index (χ2n) is 8.25. The van der Waals surface area contributed by atoms with Crippen molar-refractivity contribution in [2.45, 2.75) is 38.6 Å². The van der Waals surface area contributed by atoms with Gasteiger partial charge in [0.2, 0.25) is 11.8 Å². The van der Waals surface area contributed by atoms with Crippen molar-refractivity contribution in [2.24, 2.45) is 0 Å². The van der Waals surface area contributed by atoms with Gasteiger partial charge in [-0.1, -0.05) is 84.4 Å². The Kier molecular flexibility index (Phi) is 9.14. The van der Waals surface area contributed by atoms with Gasteiger partial charge in [-0.05, 0) is 36.1 Å². The number of nitrogens with one attached hydrogen (secondary N) is 1. The van der Waals surface area contributed by atoms with E-state index in [1.807, 2.05) is 67.6 Å². The van der Waals surface area contributed by atoms with Gasteiger partial charge in [0.15, 0.2) is 0 Å². The molecule has 0 saturated heterocycles. The van der Waals surface area contributed by atoms with Crippen molar-refractivity contribution in [3.8, 4) is 0 Å². The Hall–Kier alpha value is -3.05. The zero-order chi connectivity index (χ0) is 23.6. The minimum absolute atomic E-state index is 0.0281. The minimum Gasteiger partial charge on any atom is -0.357 e. The van der Waals surface area contributed by atoms with Gasteiger partial charge >= 0.3 is 0 Å². The number of nitrogens with zero attached hydrogens (tertiary/aromatic N) is 1. The van der Waals surface area contributed by atoms with Gasteiger partial charge < -0.3 is 10.2 Å². The van der Waals surface area contributed by atoms with E-state index in [-0.39, 0.29) is 11.8 Å². The summed E-state index contributed by atoms with van der Waals surface area (Å²) in [6.07, 6.45) is 0.473. The molecular weight excluding hydrogens is 428 g/mol. The highest BCUT2D eigenvalue weighted by Gasteiger charge is 2.29. The molecule has 0 bridgehead atoms. The highest BCUT2D eigenvalue weighted by Crippen LogP contribution is 2.20. The molecule has 0 fully saturated rings. The average Bonchev–Trinajstić information content (AvgIpc) is 2.82. The fourth-order valence-electron chi connectivity index (χ4n) is 3.83. The number of benzene rings is 3. The number of thioether (sulfide) groups is 1. The molecule has 4 nitrogen and oxygen atoms in total. The first-order valence-electron chi connectivity index (χ1n) is 11.2. The summed E-state index contributed by atoms with van der Waals surface area (Å²) < 4.78 is 0. The number of rotatable bonds is 10. The van der Waals surface area contributed by atoms with E-state index in [1.165, 1.54) is 11.1 Å².